The van der Waals surface area contributed by atoms with E-state index < -0.39 is 0 Å². The van der Waals surface area contributed by atoms with Crippen LogP contribution in [0.15, 0.2) is 59.1 Å². The number of ether oxygens (including phenoxy) is 1. The summed E-state index contributed by atoms with van der Waals surface area (Å²) in [5.74, 6) is -0.254. The number of rotatable bonds is 10. The lowest BCUT2D eigenvalue weighted by atomic mass is 10.1. The predicted octanol–water partition coefficient (Wildman–Crippen LogP) is 4.01. The summed E-state index contributed by atoms with van der Waals surface area (Å²) in [5, 5.41) is 12.1. The van der Waals surface area contributed by atoms with Gasteiger partial charge < -0.3 is 15.0 Å². The van der Waals surface area contributed by atoms with Crippen molar-refractivity contribution in [3.8, 4) is 10.6 Å². The average molecular weight is 503 g/mol. The van der Waals surface area contributed by atoms with Crippen molar-refractivity contribution in [2.24, 2.45) is 0 Å². The number of carbonyl (C=O) groups is 2. The van der Waals surface area contributed by atoms with E-state index in [4.69, 9.17) is 4.74 Å². The van der Waals surface area contributed by atoms with Gasteiger partial charge in [-0.3, -0.25) is 9.59 Å². The number of nitrogens with zero attached hydrogens (tertiary/aromatic N) is 3. The molecule has 0 aliphatic rings. The Bertz CT molecular complexity index is 1010. The number of aromatic nitrogens is 2. The fourth-order valence-corrected chi connectivity index (χ4v) is 4.03. The molecule has 31 heavy (non-hydrogen) atoms. The lowest BCUT2D eigenvalue weighted by molar-refractivity contribution is -0.131. The van der Waals surface area contributed by atoms with Gasteiger partial charge in [-0.2, -0.15) is 0 Å². The first-order valence-electron chi connectivity index (χ1n) is 9.75. The fraction of sp³-hybridized carbons (Fsp3) is 0.273. The molecule has 0 fully saturated rings. The van der Waals surface area contributed by atoms with E-state index in [2.05, 4.69) is 31.4 Å². The van der Waals surface area contributed by atoms with Gasteiger partial charge in [0.1, 0.15) is 5.01 Å². The van der Waals surface area contributed by atoms with Crippen LogP contribution in [0.5, 0.6) is 0 Å². The monoisotopic (exact) mass is 502 g/mol. The van der Waals surface area contributed by atoms with E-state index in [9.17, 15) is 9.59 Å². The zero-order valence-electron chi connectivity index (χ0n) is 17.1. The Balaban J connectivity index is 1.55. The van der Waals surface area contributed by atoms with Gasteiger partial charge in [0.25, 0.3) is 0 Å². The Hall–Kier alpha value is -2.62. The number of methoxy groups -OCH3 is 1. The first kappa shape index (κ1) is 23.1. The van der Waals surface area contributed by atoms with E-state index in [0.717, 1.165) is 20.6 Å². The Morgan fingerprint density at radius 2 is 1.90 bits per heavy atom. The topological polar surface area (TPSA) is 84.4 Å². The van der Waals surface area contributed by atoms with Gasteiger partial charge in [-0.15, -0.1) is 10.2 Å². The summed E-state index contributed by atoms with van der Waals surface area (Å²) in [7, 11) is 1.59. The van der Waals surface area contributed by atoms with Crippen LogP contribution in [0, 0.1) is 0 Å². The van der Waals surface area contributed by atoms with Crippen molar-refractivity contribution in [2.75, 3.05) is 32.1 Å². The Kier molecular flexibility index (Phi) is 8.69. The molecule has 0 atom stereocenters. The van der Waals surface area contributed by atoms with E-state index in [1.807, 2.05) is 54.6 Å². The average Bonchev–Trinajstić information content (AvgIpc) is 3.23. The van der Waals surface area contributed by atoms with E-state index in [1.165, 1.54) is 11.3 Å². The van der Waals surface area contributed by atoms with Crippen LogP contribution in [0.25, 0.3) is 10.6 Å². The smallest absolute Gasteiger partial charge is 0.227 e. The highest BCUT2D eigenvalue weighted by molar-refractivity contribution is 9.10. The van der Waals surface area contributed by atoms with Crippen LogP contribution in [-0.4, -0.2) is 53.7 Å². The molecule has 0 unspecified atom stereocenters. The molecule has 2 aromatic carbocycles. The molecule has 7 nitrogen and oxygen atoms in total. The van der Waals surface area contributed by atoms with Gasteiger partial charge in [0.15, 0.2) is 0 Å². The SMILES string of the molecule is COCCN(CCC(=O)Nc1nnc(-c2cccc(Br)c2)s1)C(=O)Cc1ccccc1. The van der Waals surface area contributed by atoms with Crippen molar-refractivity contribution in [2.45, 2.75) is 12.8 Å². The molecule has 0 aliphatic heterocycles. The number of benzene rings is 2. The van der Waals surface area contributed by atoms with E-state index >= 15 is 0 Å². The van der Waals surface area contributed by atoms with Crippen LogP contribution in [0.4, 0.5) is 5.13 Å². The largest absolute Gasteiger partial charge is 0.383 e. The molecule has 1 N–H and O–H groups in total. The summed E-state index contributed by atoms with van der Waals surface area (Å²) >= 11 is 4.74. The van der Waals surface area contributed by atoms with Crippen LogP contribution in [-0.2, 0) is 20.7 Å². The number of carbonyl (C=O) groups excluding carboxylic acids is 2. The zero-order chi connectivity index (χ0) is 22.1. The van der Waals surface area contributed by atoms with Gasteiger partial charge in [0.2, 0.25) is 16.9 Å². The molecule has 2 amide bonds. The fourth-order valence-electron chi connectivity index (χ4n) is 2.88. The number of anilines is 1. The van der Waals surface area contributed by atoms with Crippen molar-refractivity contribution in [3.63, 3.8) is 0 Å². The third-order valence-electron chi connectivity index (χ3n) is 4.47. The second-order valence-electron chi connectivity index (χ2n) is 6.76. The van der Waals surface area contributed by atoms with Gasteiger partial charge in [-0.25, -0.2) is 0 Å². The Labute approximate surface area is 193 Å². The number of hydrogen-bond acceptors (Lipinski definition) is 6. The van der Waals surface area contributed by atoms with Crippen molar-refractivity contribution in [1.29, 1.82) is 0 Å². The van der Waals surface area contributed by atoms with Crippen LogP contribution in [0.3, 0.4) is 0 Å². The first-order valence-corrected chi connectivity index (χ1v) is 11.4. The highest BCUT2D eigenvalue weighted by Crippen LogP contribution is 2.28. The van der Waals surface area contributed by atoms with E-state index in [1.54, 1.807) is 12.0 Å². The normalized spacial score (nSPS) is 10.6. The minimum absolute atomic E-state index is 0.0380. The van der Waals surface area contributed by atoms with Crippen LogP contribution < -0.4 is 5.32 Å². The molecule has 0 aliphatic carbocycles. The Morgan fingerprint density at radius 3 is 2.65 bits per heavy atom. The molecule has 9 heteroatoms. The minimum Gasteiger partial charge on any atom is -0.383 e. The van der Waals surface area contributed by atoms with Crippen molar-refractivity contribution < 1.29 is 14.3 Å². The maximum Gasteiger partial charge on any atom is 0.227 e. The first-order chi connectivity index (χ1) is 15.0. The molecular weight excluding hydrogens is 480 g/mol. The second kappa shape index (κ2) is 11.7. The number of hydrogen-bond donors (Lipinski definition) is 1. The maximum atomic E-state index is 12.7. The van der Waals surface area contributed by atoms with Gasteiger partial charge in [0, 0.05) is 36.7 Å². The van der Waals surface area contributed by atoms with Gasteiger partial charge in [-0.1, -0.05) is 69.7 Å². The van der Waals surface area contributed by atoms with Gasteiger partial charge in [0.05, 0.1) is 13.0 Å². The van der Waals surface area contributed by atoms with Crippen molar-refractivity contribution >= 4 is 44.2 Å². The molecule has 0 radical (unpaired) electrons. The van der Waals surface area contributed by atoms with E-state index in [0.29, 0.717) is 31.2 Å². The molecule has 0 saturated heterocycles. The van der Waals surface area contributed by atoms with Crippen molar-refractivity contribution in [1.82, 2.24) is 15.1 Å². The highest BCUT2D eigenvalue weighted by Gasteiger charge is 2.16. The molecule has 3 rings (SSSR count). The van der Waals surface area contributed by atoms with Crippen molar-refractivity contribution in [3.05, 3.63) is 64.6 Å². The molecule has 162 valence electrons. The predicted molar refractivity (Wildman–Crippen MR) is 125 cm³/mol. The third-order valence-corrected chi connectivity index (χ3v) is 5.85. The summed E-state index contributed by atoms with van der Waals surface area (Å²) in [4.78, 5) is 26.8. The lowest BCUT2D eigenvalue weighted by Gasteiger charge is -2.22. The minimum atomic E-state index is -0.216. The summed E-state index contributed by atoms with van der Waals surface area (Å²) in [5.41, 5.74) is 1.86. The van der Waals surface area contributed by atoms with Crippen LogP contribution in [0.1, 0.15) is 12.0 Å². The highest BCUT2D eigenvalue weighted by atomic mass is 79.9. The number of amides is 2. The van der Waals surface area contributed by atoms with Gasteiger partial charge >= 0.3 is 0 Å². The molecule has 3 aromatic rings. The summed E-state index contributed by atoms with van der Waals surface area (Å²) < 4.78 is 6.06. The standard InChI is InChI=1S/C22H23BrN4O3S/c1-30-13-12-27(20(29)14-16-6-3-2-4-7-16)11-10-19(28)24-22-26-25-21(31-22)17-8-5-9-18(23)15-17/h2-9,15H,10-14H2,1H3,(H,24,26,28). The molecule has 0 saturated carbocycles. The molecule has 1 aromatic heterocycles. The molecule has 0 bridgehead atoms. The summed E-state index contributed by atoms with van der Waals surface area (Å²) in [6, 6.07) is 17.3. The second-order valence-corrected chi connectivity index (χ2v) is 8.65. The van der Waals surface area contributed by atoms with Crippen LogP contribution >= 0.6 is 27.3 Å². The number of halogens is 1. The third kappa shape index (κ3) is 7.23. The maximum absolute atomic E-state index is 12.7. The molecule has 1 heterocycles. The Morgan fingerprint density at radius 1 is 1.10 bits per heavy atom. The molecule has 0 spiro atoms. The molecular formula is C22H23BrN4O3S. The quantitative estimate of drug-likeness (QED) is 0.452. The van der Waals surface area contributed by atoms with E-state index in [-0.39, 0.29) is 18.2 Å². The summed E-state index contributed by atoms with van der Waals surface area (Å²) in [6.07, 6.45) is 0.453. The lowest BCUT2D eigenvalue weighted by Crippen LogP contribution is -2.37. The van der Waals surface area contributed by atoms with Crippen LogP contribution in [0.2, 0.25) is 0 Å². The zero-order valence-corrected chi connectivity index (χ0v) is 19.5. The summed E-state index contributed by atoms with van der Waals surface area (Å²) in [6.45, 7) is 1.15. The number of nitrogens with one attached hydrogen (secondary N) is 1. The van der Waals surface area contributed by atoms with Gasteiger partial charge in [-0.05, 0) is 17.7 Å².